The molecule has 2 atom stereocenters. The van der Waals surface area contributed by atoms with Gasteiger partial charge in [0.25, 0.3) is 0 Å². The van der Waals surface area contributed by atoms with Crippen molar-refractivity contribution in [2.75, 3.05) is 6.54 Å². The number of esters is 2. The highest BCUT2D eigenvalue weighted by atomic mass is 16.6. The molecule has 0 saturated heterocycles. The van der Waals surface area contributed by atoms with Crippen LogP contribution < -0.4 is 17.2 Å². The van der Waals surface area contributed by atoms with Crippen LogP contribution in [-0.4, -0.2) is 42.2 Å². The minimum atomic E-state index is -1.02. The number of nitrogen functional groups attached to an aromatic ring is 1. The summed E-state index contributed by atoms with van der Waals surface area (Å²) in [6.07, 6.45) is -0.241. The average Bonchev–Trinajstić information content (AvgIpc) is 3.02. The number of benzene rings is 1. The second kappa shape index (κ2) is 7.66. The standard InChI is InChI=1S/C15H19N5O4/c16-7-11(17)15(22)23-13(21)6-10-5-12(20-24-10)8-1-3-9(4-2-8)14(18)19/h1-4,10-11H,5-7,16-17H2,(H3,18,19)/t10-,11-/m0/s1. The van der Waals surface area contributed by atoms with Crippen LogP contribution in [0.15, 0.2) is 29.4 Å². The summed E-state index contributed by atoms with van der Waals surface area (Å²) < 4.78 is 4.60. The minimum Gasteiger partial charge on any atom is -0.392 e. The predicted molar refractivity (Wildman–Crippen MR) is 86.2 cm³/mol. The van der Waals surface area contributed by atoms with Gasteiger partial charge in [-0.1, -0.05) is 29.4 Å². The van der Waals surface area contributed by atoms with Gasteiger partial charge in [-0.05, 0) is 5.56 Å². The van der Waals surface area contributed by atoms with Gasteiger partial charge >= 0.3 is 11.9 Å². The third kappa shape index (κ3) is 4.37. The molecule has 1 aromatic carbocycles. The molecule has 9 nitrogen and oxygen atoms in total. The third-order valence-electron chi connectivity index (χ3n) is 3.43. The van der Waals surface area contributed by atoms with E-state index in [0.29, 0.717) is 17.7 Å². The molecule has 24 heavy (non-hydrogen) atoms. The molecular weight excluding hydrogens is 314 g/mol. The molecule has 7 N–H and O–H groups in total. The Bertz CT molecular complexity index is 671. The van der Waals surface area contributed by atoms with Crippen molar-refractivity contribution in [3.63, 3.8) is 0 Å². The Labute approximate surface area is 138 Å². The number of rotatable bonds is 6. The maximum atomic E-state index is 11.7. The van der Waals surface area contributed by atoms with Gasteiger partial charge in [-0.25, -0.2) is 4.79 Å². The number of oxime groups is 1. The topological polar surface area (TPSA) is 167 Å². The Morgan fingerprint density at radius 1 is 1.38 bits per heavy atom. The summed E-state index contributed by atoms with van der Waals surface area (Å²) in [5.74, 6) is -1.62. The SMILES string of the molecule is N=C(N)c1ccc(C2=NO[C@H](CC(=O)OC(=O)[C@@H](N)CN)C2)cc1. The lowest BCUT2D eigenvalue weighted by Gasteiger charge is -2.10. The summed E-state index contributed by atoms with van der Waals surface area (Å²) in [6, 6.07) is 5.92. The van der Waals surface area contributed by atoms with Crippen molar-refractivity contribution < 1.29 is 19.2 Å². The normalized spacial score (nSPS) is 17.6. The summed E-state index contributed by atoms with van der Waals surface area (Å²) in [4.78, 5) is 28.3. The zero-order valence-corrected chi connectivity index (χ0v) is 12.9. The van der Waals surface area contributed by atoms with Gasteiger partial charge in [-0.3, -0.25) is 10.2 Å². The molecule has 9 heteroatoms. The van der Waals surface area contributed by atoms with Crippen LogP contribution in [-0.2, 0) is 19.2 Å². The van der Waals surface area contributed by atoms with Crippen LogP contribution in [0.3, 0.4) is 0 Å². The Hall–Kier alpha value is -2.78. The molecule has 0 unspecified atom stereocenters. The van der Waals surface area contributed by atoms with E-state index in [0.717, 1.165) is 5.56 Å². The second-order valence-corrected chi connectivity index (χ2v) is 5.30. The molecule has 1 aliphatic heterocycles. The summed E-state index contributed by atoms with van der Waals surface area (Å²) >= 11 is 0. The fourth-order valence-electron chi connectivity index (χ4n) is 2.06. The van der Waals surface area contributed by atoms with E-state index >= 15 is 0 Å². The first-order valence-corrected chi connectivity index (χ1v) is 7.28. The van der Waals surface area contributed by atoms with Gasteiger partial charge in [-0.2, -0.15) is 0 Å². The highest BCUT2D eigenvalue weighted by Gasteiger charge is 2.27. The van der Waals surface area contributed by atoms with Crippen LogP contribution in [0.2, 0.25) is 0 Å². The number of carbonyl (C=O) groups is 2. The Kier molecular flexibility index (Phi) is 5.61. The number of nitrogens with one attached hydrogen (secondary N) is 1. The van der Waals surface area contributed by atoms with Crippen molar-refractivity contribution in [1.82, 2.24) is 0 Å². The molecular formula is C15H19N5O4. The quantitative estimate of drug-likeness (QED) is 0.229. The Morgan fingerprint density at radius 2 is 2.04 bits per heavy atom. The minimum absolute atomic E-state index is 0.0212. The van der Waals surface area contributed by atoms with Crippen molar-refractivity contribution in [3.05, 3.63) is 35.4 Å². The van der Waals surface area contributed by atoms with E-state index in [9.17, 15) is 9.59 Å². The number of ether oxygens (including phenoxy) is 1. The summed E-state index contributed by atoms with van der Waals surface area (Å²) in [7, 11) is 0. The first kappa shape index (κ1) is 17.6. The van der Waals surface area contributed by atoms with Gasteiger partial charge in [-0.15, -0.1) is 0 Å². The van der Waals surface area contributed by atoms with Gasteiger partial charge in [0.1, 0.15) is 18.0 Å². The molecule has 1 heterocycles. The van der Waals surface area contributed by atoms with E-state index in [2.05, 4.69) is 9.89 Å². The van der Waals surface area contributed by atoms with Crippen molar-refractivity contribution in [2.45, 2.75) is 25.0 Å². The summed E-state index contributed by atoms with van der Waals surface area (Å²) in [5.41, 5.74) is 18.1. The zero-order valence-electron chi connectivity index (χ0n) is 12.9. The van der Waals surface area contributed by atoms with Crippen LogP contribution >= 0.6 is 0 Å². The molecule has 1 aromatic rings. The number of carbonyl (C=O) groups excluding carboxylic acids is 2. The van der Waals surface area contributed by atoms with Gasteiger partial charge in [0.15, 0.2) is 0 Å². The molecule has 0 aliphatic carbocycles. The molecule has 2 rings (SSSR count). The van der Waals surface area contributed by atoms with E-state index in [1.54, 1.807) is 24.3 Å². The van der Waals surface area contributed by atoms with Crippen LogP contribution in [0.1, 0.15) is 24.0 Å². The predicted octanol–water partition coefficient (Wildman–Crippen LogP) is -0.790. The van der Waals surface area contributed by atoms with Crippen LogP contribution in [0.25, 0.3) is 0 Å². The molecule has 0 spiro atoms. The van der Waals surface area contributed by atoms with Crippen molar-refractivity contribution in [1.29, 1.82) is 5.41 Å². The molecule has 1 aliphatic rings. The number of hydrogen-bond donors (Lipinski definition) is 4. The van der Waals surface area contributed by atoms with E-state index in [4.69, 9.17) is 27.4 Å². The lowest BCUT2D eigenvalue weighted by molar-refractivity contribution is -0.161. The van der Waals surface area contributed by atoms with E-state index in [-0.39, 0.29) is 18.8 Å². The van der Waals surface area contributed by atoms with Crippen LogP contribution in [0.4, 0.5) is 0 Å². The first-order chi connectivity index (χ1) is 11.4. The summed E-state index contributed by atoms with van der Waals surface area (Å²) in [5, 5.41) is 11.3. The fraction of sp³-hybridized carbons (Fsp3) is 0.333. The fourth-order valence-corrected chi connectivity index (χ4v) is 2.06. The lowest BCUT2D eigenvalue weighted by Crippen LogP contribution is -2.40. The van der Waals surface area contributed by atoms with E-state index < -0.39 is 24.1 Å². The molecule has 0 fully saturated rings. The van der Waals surface area contributed by atoms with Gasteiger partial charge in [0, 0.05) is 18.5 Å². The summed E-state index contributed by atoms with van der Waals surface area (Å²) in [6.45, 7) is -0.102. The highest BCUT2D eigenvalue weighted by Crippen LogP contribution is 2.19. The zero-order chi connectivity index (χ0) is 17.7. The van der Waals surface area contributed by atoms with Crippen molar-refractivity contribution >= 4 is 23.5 Å². The average molecular weight is 333 g/mol. The molecule has 0 aromatic heterocycles. The van der Waals surface area contributed by atoms with E-state index in [1.807, 2.05) is 0 Å². The molecule has 128 valence electrons. The van der Waals surface area contributed by atoms with Gasteiger partial charge in [0.05, 0.1) is 12.1 Å². The van der Waals surface area contributed by atoms with E-state index in [1.165, 1.54) is 0 Å². The van der Waals surface area contributed by atoms with Gasteiger partial charge in [0.2, 0.25) is 0 Å². The number of nitrogens with zero attached hydrogens (tertiary/aromatic N) is 1. The smallest absolute Gasteiger partial charge is 0.331 e. The highest BCUT2D eigenvalue weighted by molar-refractivity contribution is 6.03. The molecule has 0 radical (unpaired) electrons. The van der Waals surface area contributed by atoms with Crippen molar-refractivity contribution in [2.24, 2.45) is 22.4 Å². The van der Waals surface area contributed by atoms with Crippen LogP contribution in [0, 0.1) is 5.41 Å². The molecule has 0 bridgehead atoms. The maximum absolute atomic E-state index is 11.7. The molecule has 0 saturated carbocycles. The maximum Gasteiger partial charge on any atom is 0.331 e. The third-order valence-corrected chi connectivity index (χ3v) is 3.43. The Balaban J connectivity index is 1.87. The second-order valence-electron chi connectivity index (χ2n) is 5.30. The van der Waals surface area contributed by atoms with Crippen LogP contribution in [0.5, 0.6) is 0 Å². The Morgan fingerprint density at radius 3 is 2.62 bits per heavy atom. The molecule has 0 amide bonds. The van der Waals surface area contributed by atoms with Crippen molar-refractivity contribution in [3.8, 4) is 0 Å². The number of amidine groups is 1. The lowest BCUT2D eigenvalue weighted by atomic mass is 10.0. The monoisotopic (exact) mass is 333 g/mol. The first-order valence-electron chi connectivity index (χ1n) is 7.28. The largest absolute Gasteiger partial charge is 0.392 e. The number of nitrogens with two attached hydrogens (primary N) is 3. The number of hydrogen-bond acceptors (Lipinski definition) is 8. The van der Waals surface area contributed by atoms with Gasteiger partial charge < -0.3 is 26.8 Å².